The molecule has 1 heteroatoms. The predicted molar refractivity (Wildman–Crippen MR) is 225 cm³/mol. The molecule has 2 aliphatic rings. The summed E-state index contributed by atoms with van der Waals surface area (Å²) in [6.45, 7) is 12.4. The van der Waals surface area contributed by atoms with Gasteiger partial charge in [0, 0.05) is 22.5 Å². The van der Waals surface area contributed by atoms with Crippen molar-refractivity contribution in [2.24, 2.45) is 5.92 Å². The number of fused-ring (bicyclic) bond motifs is 3. The van der Waals surface area contributed by atoms with Crippen LogP contribution in [0.15, 0.2) is 219 Å². The number of allylic oxidation sites excluding steroid dienone is 13. The van der Waals surface area contributed by atoms with Crippen LogP contribution in [0.25, 0.3) is 33.4 Å². The van der Waals surface area contributed by atoms with Crippen molar-refractivity contribution >= 4 is 11.4 Å². The lowest BCUT2D eigenvalue weighted by Gasteiger charge is -2.29. The maximum absolute atomic E-state index is 3.96. The van der Waals surface area contributed by atoms with Crippen molar-refractivity contribution in [3.8, 4) is 33.4 Å². The number of hydrogen-bond donors (Lipinski definition) is 0. The van der Waals surface area contributed by atoms with Crippen LogP contribution >= 0.6 is 0 Å². The average molecular weight is 672 g/mol. The highest BCUT2D eigenvalue weighted by atomic mass is 15.1. The van der Waals surface area contributed by atoms with E-state index in [2.05, 4.69) is 190 Å². The Balaban J connectivity index is 1.24. The summed E-state index contributed by atoms with van der Waals surface area (Å²) in [5.74, 6) is 0.311. The van der Waals surface area contributed by atoms with Crippen LogP contribution in [0.3, 0.4) is 0 Å². The molecule has 0 amide bonds. The smallest absolute Gasteiger partial charge is 0.0468 e. The van der Waals surface area contributed by atoms with Crippen molar-refractivity contribution in [1.82, 2.24) is 0 Å². The fraction of sp³-hybridized carbons (Fsp3) is 0.0980. The van der Waals surface area contributed by atoms with Gasteiger partial charge in [-0.3, -0.25) is 0 Å². The third-order valence-electron chi connectivity index (χ3n) is 10.2. The summed E-state index contributed by atoms with van der Waals surface area (Å²) in [5, 5.41) is 0. The zero-order chi connectivity index (χ0) is 35.9. The van der Waals surface area contributed by atoms with Gasteiger partial charge in [-0.1, -0.05) is 185 Å². The van der Waals surface area contributed by atoms with Crippen LogP contribution in [0.5, 0.6) is 0 Å². The molecule has 0 spiro atoms. The van der Waals surface area contributed by atoms with Gasteiger partial charge in [0.05, 0.1) is 0 Å². The molecule has 0 radical (unpaired) electrons. The van der Waals surface area contributed by atoms with Crippen LogP contribution in [0.1, 0.15) is 31.4 Å². The molecule has 5 aromatic rings. The minimum absolute atomic E-state index is 0.0596. The second-order valence-electron chi connectivity index (χ2n) is 13.8. The van der Waals surface area contributed by atoms with E-state index in [0.717, 1.165) is 23.4 Å². The minimum atomic E-state index is -0.0596. The molecule has 0 N–H and O–H groups in total. The summed E-state index contributed by atoms with van der Waals surface area (Å²) in [5.41, 5.74) is 14.8. The third kappa shape index (κ3) is 7.04. The van der Waals surface area contributed by atoms with Gasteiger partial charge in [-0.25, -0.2) is 0 Å². The summed E-state index contributed by atoms with van der Waals surface area (Å²) >= 11 is 0. The standard InChI is InChI=1S/C51H45N/c1-5-7-8-11-19-38(6-2)20-18-21-39-28-31-43(32-29-39)52(42-24-14-10-15-25-42)44-33-35-45(48(37-44)40-22-12-9-13-23-40)41-30-34-47-46-26-16-17-27-49(46)51(3,4)50(47)36-41/h5-28,30-37,39H,1-2,29H2,3-4H3/b8-7-,19-11+,21-18+,38-20+. The molecular formula is C51H45N. The molecule has 5 aromatic carbocycles. The normalized spacial score (nSPS) is 16.2. The Morgan fingerprint density at radius 1 is 0.654 bits per heavy atom. The molecule has 0 aliphatic heterocycles. The zero-order valence-electron chi connectivity index (χ0n) is 30.1. The van der Waals surface area contributed by atoms with Gasteiger partial charge in [-0.05, 0) is 98.8 Å². The lowest BCUT2D eigenvalue weighted by Crippen LogP contribution is -2.17. The van der Waals surface area contributed by atoms with Gasteiger partial charge in [0.25, 0.3) is 0 Å². The Labute approximate surface area is 310 Å². The lowest BCUT2D eigenvalue weighted by molar-refractivity contribution is 0.660. The Morgan fingerprint density at radius 2 is 1.38 bits per heavy atom. The molecule has 1 unspecified atom stereocenters. The maximum atomic E-state index is 3.96. The van der Waals surface area contributed by atoms with E-state index in [1.807, 2.05) is 30.4 Å². The van der Waals surface area contributed by atoms with Gasteiger partial charge in [-0.2, -0.15) is 0 Å². The molecule has 254 valence electrons. The van der Waals surface area contributed by atoms with Crippen LogP contribution in [0.4, 0.5) is 11.4 Å². The SMILES string of the molecule is C=C\C=C/C=C/C(C=C)=C/C=C/C1C=CC(N(c2ccccc2)c2ccc(-c3ccc4c(c3)C(C)(C)c3ccccc3-4)c(-c3ccccc3)c2)=CC1. The summed E-state index contributed by atoms with van der Waals surface area (Å²) in [6, 6.07) is 44.4. The quantitative estimate of drug-likeness (QED) is 0.126. The number of benzene rings is 5. The fourth-order valence-electron chi connectivity index (χ4n) is 7.42. The monoisotopic (exact) mass is 671 g/mol. The highest BCUT2D eigenvalue weighted by Gasteiger charge is 2.35. The Morgan fingerprint density at radius 3 is 2.13 bits per heavy atom. The summed E-state index contributed by atoms with van der Waals surface area (Å²) in [6.07, 6.45) is 25.9. The molecule has 0 saturated carbocycles. The first-order chi connectivity index (χ1) is 25.5. The highest BCUT2D eigenvalue weighted by Crippen LogP contribution is 2.50. The van der Waals surface area contributed by atoms with Crippen molar-refractivity contribution in [2.45, 2.75) is 25.7 Å². The van der Waals surface area contributed by atoms with E-state index < -0.39 is 0 Å². The second-order valence-corrected chi connectivity index (χ2v) is 13.8. The van der Waals surface area contributed by atoms with Crippen molar-refractivity contribution in [3.63, 3.8) is 0 Å². The number of hydrogen-bond acceptors (Lipinski definition) is 1. The average Bonchev–Trinajstić information content (AvgIpc) is 3.42. The zero-order valence-corrected chi connectivity index (χ0v) is 30.1. The van der Waals surface area contributed by atoms with E-state index in [0.29, 0.717) is 5.92 Å². The molecular weight excluding hydrogens is 627 g/mol. The van der Waals surface area contributed by atoms with Crippen molar-refractivity contribution < 1.29 is 0 Å². The van der Waals surface area contributed by atoms with Gasteiger partial charge in [0.1, 0.15) is 0 Å². The predicted octanol–water partition coefficient (Wildman–Crippen LogP) is 13.9. The first-order valence-corrected chi connectivity index (χ1v) is 18.1. The summed E-state index contributed by atoms with van der Waals surface area (Å²) in [7, 11) is 0. The van der Waals surface area contributed by atoms with E-state index >= 15 is 0 Å². The van der Waals surface area contributed by atoms with E-state index in [9.17, 15) is 0 Å². The molecule has 52 heavy (non-hydrogen) atoms. The molecule has 0 saturated heterocycles. The summed E-state index contributed by atoms with van der Waals surface area (Å²) < 4.78 is 0. The molecule has 2 aliphatic carbocycles. The van der Waals surface area contributed by atoms with Gasteiger partial charge >= 0.3 is 0 Å². The Hall–Kier alpha value is -6.18. The van der Waals surface area contributed by atoms with Crippen molar-refractivity contribution in [2.75, 3.05) is 4.90 Å². The van der Waals surface area contributed by atoms with Crippen LogP contribution in [-0.4, -0.2) is 0 Å². The van der Waals surface area contributed by atoms with E-state index in [-0.39, 0.29) is 5.41 Å². The molecule has 1 atom stereocenters. The molecule has 7 rings (SSSR count). The van der Waals surface area contributed by atoms with E-state index in [1.54, 1.807) is 6.08 Å². The molecule has 0 bridgehead atoms. The molecule has 0 fully saturated rings. The topological polar surface area (TPSA) is 3.24 Å². The minimum Gasteiger partial charge on any atom is -0.311 e. The van der Waals surface area contributed by atoms with Crippen LogP contribution in [-0.2, 0) is 5.41 Å². The van der Waals surface area contributed by atoms with Gasteiger partial charge in [0.15, 0.2) is 0 Å². The number of anilines is 2. The fourth-order valence-corrected chi connectivity index (χ4v) is 7.42. The number of nitrogens with zero attached hydrogens (tertiary/aromatic N) is 1. The maximum Gasteiger partial charge on any atom is 0.0468 e. The first kappa shape index (κ1) is 34.3. The Bertz CT molecular complexity index is 2270. The number of rotatable bonds is 11. The van der Waals surface area contributed by atoms with E-state index in [4.69, 9.17) is 0 Å². The third-order valence-corrected chi connectivity index (χ3v) is 10.2. The Kier molecular flexibility index (Phi) is 10.1. The number of para-hydroxylation sites is 1. The van der Waals surface area contributed by atoms with Crippen LogP contribution in [0, 0.1) is 5.92 Å². The molecule has 1 nitrogen and oxygen atoms in total. The second kappa shape index (κ2) is 15.4. The van der Waals surface area contributed by atoms with Crippen molar-refractivity contribution in [1.29, 1.82) is 0 Å². The van der Waals surface area contributed by atoms with Crippen LogP contribution in [0.2, 0.25) is 0 Å². The lowest BCUT2D eigenvalue weighted by atomic mass is 9.81. The first-order valence-electron chi connectivity index (χ1n) is 18.1. The molecule has 0 heterocycles. The summed E-state index contributed by atoms with van der Waals surface area (Å²) in [4.78, 5) is 2.38. The van der Waals surface area contributed by atoms with Crippen molar-refractivity contribution in [3.05, 3.63) is 230 Å². The largest absolute Gasteiger partial charge is 0.311 e. The van der Waals surface area contributed by atoms with E-state index in [1.165, 1.54) is 50.2 Å². The van der Waals surface area contributed by atoms with Gasteiger partial charge in [0.2, 0.25) is 0 Å². The molecule has 0 aromatic heterocycles. The van der Waals surface area contributed by atoms with Crippen LogP contribution < -0.4 is 4.90 Å². The highest BCUT2D eigenvalue weighted by molar-refractivity contribution is 5.90. The van der Waals surface area contributed by atoms with Gasteiger partial charge < -0.3 is 4.90 Å². The van der Waals surface area contributed by atoms with Gasteiger partial charge in [-0.15, -0.1) is 0 Å².